The molecule has 0 radical (unpaired) electrons. The molecule has 0 spiro atoms. The number of nitrogens with zero attached hydrogens (tertiary/aromatic N) is 4. The molecule has 2 aromatic heterocycles. The van der Waals surface area contributed by atoms with Gasteiger partial charge in [-0.3, -0.25) is 14.1 Å². The summed E-state index contributed by atoms with van der Waals surface area (Å²) in [5, 5.41) is 3.45. The number of piperidine rings is 1. The molecule has 4 aromatic rings. The molecular weight excluding hydrogens is 754 g/mol. The number of likely N-dealkylation sites (tertiary alicyclic amines) is 1. The summed E-state index contributed by atoms with van der Waals surface area (Å²) < 4.78 is 85.5. The highest BCUT2D eigenvalue weighted by molar-refractivity contribution is 7.91. The molecule has 55 heavy (non-hydrogen) atoms. The third kappa shape index (κ3) is 10.4. The van der Waals surface area contributed by atoms with Crippen molar-refractivity contribution in [1.29, 1.82) is 0 Å². The molecule has 1 fully saturated rings. The summed E-state index contributed by atoms with van der Waals surface area (Å²) in [5.74, 6) is -2.25. The second-order valence-corrected chi connectivity index (χ2v) is 22.8. The molecule has 2 aromatic carbocycles. The number of anilines is 2. The van der Waals surface area contributed by atoms with Crippen LogP contribution in [0.5, 0.6) is 0 Å². The number of hydrogen-bond donors (Lipinski definition) is 2. The number of carbonyl (C=O) groups excluding carboxylic acids is 1. The molecule has 12 nitrogen and oxygen atoms in total. The zero-order valence-corrected chi connectivity index (χ0v) is 34.2. The van der Waals surface area contributed by atoms with E-state index in [1.165, 1.54) is 52.1 Å². The number of halogens is 3. The molecular formula is C38H49F3N6O6SSi. The summed E-state index contributed by atoms with van der Waals surface area (Å²) in [4.78, 5) is 37.4. The first kappa shape index (κ1) is 41.7. The monoisotopic (exact) mass is 802 g/mol. The van der Waals surface area contributed by atoms with Gasteiger partial charge < -0.3 is 19.4 Å². The van der Waals surface area contributed by atoms with Gasteiger partial charge >= 0.3 is 6.09 Å². The van der Waals surface area contributed by atoms with Crippen molar-refractivity contribution in [3.8, 4) is 11.1 Å². The number of benzene rings is 2. The normalized spacial score (nSPS) is 17.0. The van der Waals surface area contributed by atoms with Crippen molar-refractivity contribution in [2.45, 2.75) is 96.2 Å². The Bertz CT molecular complexity index is 2230. The minimum Gasteiger partial charge on any atom is -0.444 e. The smallest absolute Gasteiger partial charge is 0.410 e. The van der Waals surface area contributed by atoms with E-state index in [-0.39, 0.29) is 71.7 Å². The maximum Gasteiger partial charge on any atom is 0.410 e. The van der Waals surface area contributed by atoms with Gasteiger partial charge in [-0.1, -0.05) is 45.0 Å². The van der Waals surface area contributed by atoms with Crippen LogP contribution in [-0.4, -0.2) is 79.8 Å². The lowest BCUT2D eigenvalue weighted by Gasteiger charge is -2.36. The topological polar surface area (TPSA) is 145 Å². The molecule has 1 aliphatic heterocycles. The molecule has 1 saturated heterocycles. The Morgan fingerprint density at radius 2 is 1.73 bits per heavy atom. The van der Waals surface area contributed by atoms with E-state index in [1.54, 1.807) is 20.8 Å². The summed E-state index contributed by atoms with van der Waals surface area (Å²) in [5.41, 5.74) is -1.19. The van der Waals surface area contributed by atoms with E-state index in [9.17, 15) is 26.8 Å². The maximum absolute atomic E-state index is 15.5. The lowest BCUT2D eigenvalue weighted by Crippen LogP contribution is -2.51. The van der Waals surface area contributed by atoms with Crippen LogP contribution in [0.2, 0.25) is 18.1 Å². The third-order valence-corrected chi connectivity index (χ3v) is 15.4. The van der Waals surface area contributed by atoms with Gasteiger partial charge in [0.15, 0.2) is 8.32 Å². The van der Waals surface area contributed by atoms with Crippen molar-refractivity contribution >= 4 is 47.1 Å². The fourth-order valence-electron chi connectivity index (χ4n) is 5.84. The zero-order valence-electron chi connectivity index (χ0n) is 32.4. The minimum atomic E-state index is -4.20. The van der Waals surface area contributed by atoms with Crippen molar-refractivity contribution in [2.24, 2.45) is 0 Å². The van der Waals surface area contributed by atoms with Gasteiger partial charge in [0.2, 0.25) is 16.0 Å². The Labute approximate surface area is 320 Å². The van der Waals surface area contributed by atoms with Crippen LogP contribution in [0.15, 0.2) is 59.5 Å². The Morgan fingerprint density at radius 3 is 2.38 bits per heavy atom. The van der Waals surface area contributed by atoms with E-state index in [0.29, 0.717) is 5.39 Å². The summed E-state index contributed by atoms with van der Waals surface area (Å²) >= 11 is 0. The predicted molar refractivity (Wildman–Crippen MR) is 210 cm³/mol. The van der Waals surface area contributed by atoms with Gasteiger partial charge in [-0.05, 0) is 68.7 Å². The Morgan fingerprint density at radius 1 is 1.02 bits per heavy atom. The van der Waals surface area contributed by atoms with Gasteiger partial charge in [0.25, 0.3) is 5.56 Å². The molecule has 3 heterocycles. The molecule has 0 aliphatic carbocycles. The summed E-state index contributed by atoms with van der Waals surface area (Å²) in [6.07, 6.45) is -0.370. The lowest BCUT2D eigenvalue weighted by molar-refractivity contribution is 0.0124. The Kier molecular flexibility index (Phi) is 12.1. The highest BCUT2D eigenvalue weighted by Crippen LogP contribution is 2.36. The van der Waals surface area contributed by atoms with Crippen LogP contribution in [0.1, 0.15) is 53.5 Å². The Balaban J connectivity index is 1.46. The predicted octanol–water partition coefficient (Wildman–Crippen LogP) is 7.46. The Hall–Kier alpha value is -4.48. The number of ether oxygens (including phenoxy) is 1. The number of hydrogen-bond acceptors (Lipinski definition) is 9. The van der Waals surface area contributed by atoms with Gasteiger partial charge in [0.05, 0.1) is 24.6 Å². The SMILES string of the molecule is CC(C)(C)OC(=O)N1C[C@@H](F)C[C@H](Nc2ncc3cc(-c4ccc(NS(=O)(=O)Cc5ccccc5F)c(F)c4)c(=O)n(CCO[Si](C)(C)C(C)(C)C)c3n2)C1. The number of fused-ring (bicyclic) bond motifs is 1. The van der Waals surface area contributed by atoms with Crippen molar-refractivity contribution in [1.82, 2.24) is 19.4 Å². The number of carbonyl (C=O) groups is 1. The second-order valence-electron chi connectivity index (χ2n) is 16.3. The summed E-state index contributed by atoms with van der Waals surface area (Å²) in [6, 6.07) is 10.0. The van der Waals surface area contributed by atoms with Crippen LogP contribution in [0.3, 0.4) is 0 Å². The van der Waals surface area contributed by atoms with Crippen LogP contribution in [0, 0.1) is 11.6 Å². The lowest BCUT2D eigenvalue weighted by atomic mass is 10.0. The quantitative estimate of drug-likeness (QED) is 0.148. The van der Waals surface area contributed by atoms with E-state index in [1.807, 2.05) is 0 Å². The van der Waals surface area contributed by atoms with Gasteiger partial charge in [-0.25, -0.2) is 31.4 Å². The van der Waals surface area contributed by atoms with Crippen LogP contribution >= 0.6 is 0 Å². The zero-order chi connectivity index (χ0) is 40.5. The van der Waals surface area contributed by atoms with Gasteiger partial charge in [0, 0.05) is 48.3 Å². The molecule has 17 heteroatoms. The van der Waals surface area contributed by atoms with Crippen molar-refractivity contribution in [3.05, 3.63) is 82.3 Å². The molecule has 2 N–H and O–H groups in total. The number of pyridine rings is 1. The van der Waals surface area contributed by atoms with Crippen LogP contribution in [-0.2, 0) is 31.5 Å². The fourth-order valence-corrected chi connectivity index (χ4v) is 8.09. The first-order valence-electron chi connectivity index (χ1n) is 18.0. The number of rotatable bonds is 11. The molecule has 1 aliphatic rings. The average molecular weight is 803 g/mol. The van der Waals surface area contributed by atoms with Crippen molar-refractivity contribution in [2.75, 3.05) is 29.7 Å². The number of alkyl halides is 1. The second kappa shape index (κ2) is 15.9. The van der Waals surface area contributed by atoms with Crippen LogP contribution < -0.4 is 15.6 Å². The highest BCUT2D eigenvalue weighted by atomic mass is 32.2. The van der Waals surface area contributed by atoms with E-state index < -0.39 is 65.2 Å². The standard InChI is InChI=1S/C38H49F3N6O6SSi/c1-37(2,3)53-36(49)46-21-27(39)19-28(22-46)43-35-42-20-26-17-29(34(48)47(33(26)44-35)15-16-52-55(7,8)38(4,5)6)24-13-14-32(31(41)18-24)45-54(50,51)23-25-11-9-10-12-30(25)40/h9-14,17-18,20,27-28,45H,15-16,19,21-23H2,1-8H3,(H,42,43,44)/t27-,28-/m0/s1. The van der Waals surface area contributed by atoms with Gasteiger partial charge in [-0.15, -0.1) is 0 Å². The first-order chi connectivity index (χ1) is 25.5. The van der Waals surface area contributed by atoms with Crippen molar-refractivity contribution < 1.29 is 35.5 Å². The molecule has 0 bridgehead atoms. The average Bonchev–Trinajstić information content (AvgIpc) is 3.06. The summed E-state index contributed by atoms with van der Waals surface area (Å²) in [6.45, 7) is 16.0. The van der Waals surface area contributed by atoms with E-state index >= 15 is 4.39 Å². The molecule has 298 valence electrons. The molecule has 5 rings (SSSR count). The third-order valence-electron chi connectivity index (χ3n) is 9.64. The number of sulfonamides is 1. The van der Waals surface area contributed by atoms with E-state index in [4.69, 9.17) is 9.16 Å². The van der Waals surface area contributed by atoms with Crippen LogP contribution in [0.25, 0.3) is 22.2 Å². The molecule has 1 amide bonds. The van der Waals surface area contributed by atoms with E-state index in [2.05, 4.69) is 53.9 Å². The van der Waals surface area contributed by atoms with Gasteiger partial charge in [0.1, 0.15) is 29.1 Å². The largest absolute Gasteiger partial charge is 0.444 e. The fraction of sp³-hybridized carbons (Fsp3) is 0.474. The number of nitrogens with one attached hydrogen (secondary N) is 2. The molecule has 0 unspecified atom stereocenters. The summed E-state index contributed by atoms with van der Waals surface area (Å²) in [7, 11) is -6.42. The van der Waals surface area contributed by atoms with Crippen molar-refractivity contribution in [3.63, 3.8) is 0 Å². The maximum atomic E-state index is 15.5. The first-order valence-corrected chi connectivity index (χ1v) is 22.5. The highest BCUT2D eigenvalue weighted by Gasteiger charge is 2.37. The van der Waals surface area contributed by atoms with E-state index in [0.717, 1.165) is 12.1 Å². The number of amides is 1. The minimum absolute atomic E-state index is 0.0741. The molecule has 0 saturated carbocycles. The van der Waals surface area contributed by atoms with Gasteiger partial charge in [-0.2, -0.15) is 4.98 Å². The molecule has 2 atom stereocenters. The number of aromatic nitrogens is 3. The van der Waals surface area contributed by atoms with Crippen LogP contribution in [0.4, 0.5) is 29.6 Å².